The molecule has 0 aromatic carbocycles. The zero-order valence-electron chi connectivity index (χ0n) is 13.7. The van der Waals surface area contributed by atoms with Crippen LogP contribution < -0.4 is 15.0 Å². The fourth-order valence-corrected chi connectivity index (χ4v) is 1.71. The van der Waals surface area contributed by atoms with Crippen molar-refractivity contribution in [2.45, 2.75) is 40.7 Å². The van der Waals surface area contributed by atoms with Crippen molar-refractivity contribution in [3.05, 3.63) is 0 Å². The average Bonchev–Trinajstić information content (AvgIpc) is 2.43. The summed E-state index contributed by atoms with van der Waals surface area (Å²) in [6.07, 6.45) is 0.0215. The molecule has 21 heavy (non-hydrogen) atoms. The zero-order valence-corrected chi connectivity index (χ0v) is 13.7. The van der Waals surface area contributed by atoms with E-state index in [2.05, 4.69) is 27.2 Å². The first kappa shape index (κ1) is 17.4. The number of nitrogens with zero attached hydrogens (tertiary/aromatic N) is 4. The van der Waals surface area contributed by atoms with Crippen LogP contribution in [0, 0.1) is 0 Å². The minimum absolute atomic E-state index is 0.0215. The minimum atomic E-state index is 0.0215. The molecule has 1 rings (SSSR count). The SMILES string of the molecule is CCNc1nc(OC(C)C)nc(N(CC)CCOCC)n1. The Morgan fingerprint density at radius 2 is 1.90 bits per heavy atom. The Bertz CT molecular complexity index is 414. The monoisotopic (exact) mass is 297 g/mol. The second kappa shape index (κ2) is 9.33. The Balaban J connectivity index is 2.92. The lowest BCUT2D eigenvalue weighted by atomic mass is 10.5. The first-order valence-corrected chi connectivity index (χ1v) is 7.59. The lowest BCUT2D eigenvalue weighted by Crippen LogP contribution is -2.29. The largest absolute Gasteiger partial charge is 0.461 e. The van der Waals surface area contributed by atoms with Crippen molar-refractivity contribution in [2.24, 2.45) is 0 Å². The summed E-state index contributed by atoms with van der Waals surface area (Å²) in [4.78, 5) is 15.1. The zero-order chi connectivity index (χ0) is 15.7. The van der Waals surface area contributed by atoms with Crippen molar-refractivity contribution < 1.29 is 9.47 Å². The highest BCUT2D eigenvalue weighted by Gasteiger charge is 2.13. The normalized spacial score (nSPS) is 10.8. The minimum Gasteiger partial charge on any atom is -0.461 e. The van der Waals surface area contributed by atoms with Gasteiger partial charge < -0.3 is 19.7 Å². The van der Waals surface area contributed by atoms with Gasteiger partial charge in [-0.2, -0.15) is 15.0 Å². The van der Waals surface area contributed by atoms with Crippen LogP contribution in [0.2, 0.25) is 0 Å². The third-order valence-electron chi connectivity index (χ3n) is 2.65. The van der Waals surface area contributed by atoms with E-state index in [-0.39, 0.29) is 6.10 Å². The molecular weight excluding hydrogens is 270 g/mol. The summed E-state index contributed by atoms with van der Waals surface area (Å²) in [5.41, 5.74) is 0. The predicted molar refractivity (Wildman–Crippen MR) is 84.1 cm³/mol. The van der Waals surface area contributed by atoms with Crippen molar-refractivity contribution in [1.29, 1.82) is 0 Å². The van der Waals surface area contributed by atoms with Crippen molar-refractivity contribution in [3.8, 4) is 6.01 Å². The van der Waals surface area contributed by atoms with Crippen molar-refractivity contribution in [3.63, 3.8) is 0 Å². The van der Waals surface area contributed by atoms with Gasteiger partial charge in [-0.15, -0.1) is 0 Å². The maximum absolute atomic E-state index is 5.60. The number of nitrogens with one attached hydrogen (secondary N) is 1. The van der Waals surface area contributed by atoms with E-state index < -0.39 is 0 Å². The number of hydrogen-bond acceptors (Lipinski definition) is 7. The molecule has 1 N–H and O–H groups in total. The Kier molecular flexibility index (Phi) is 7.74. The molecule has 1 aromatic rings. The third kappa shape index (κ3) is 6.12. The van der Waals surface area contributed by atoms with E-state index in [1.807, 2.05) is 32.6 Å². The van der Waals surface area contributed by atoms with Crippen molar-refractivity contribution >= 4 is 11.9 Å². The number of likely N-dealkylation sites (N-methyl/N-ethyl adjacent to an activating group) is 1. The summed E-state index contributed by atoms with van der Waals surface area (Å²) in [7, 11) is 0. The molecule has 0 amide bonds. The third-order valence-corrected chi connectivity index (χ3v) is 2.65. The molecule has 0 saturated heterocycles. The predicted octanol–water partition coefficient (Wildman–Crippen LogP) is 1.95. The average molecular weight is 297 g/mol. The standard InChI is InChI=1S/C14H27N5O2/c1-6-15-12-16-13(18-14(17-12)21-11(4)5)19(7-2)9-10-20-8-3/h11H,6-10H2,1-5H3,(H,15,16,17,18). The molecule has 7 nitrogen and oxygen atoms in total. The molecule has 0 atom stereocenters. The quantitative estimate of drug-likeness (QED) is 0.662. The Hall–Kier alpha value is -1.63. The van der Waals surface area contributed by atoms with Crippen LogP contribution in [0.4, 0.5) is 11.9 Å². The van der Waals surface area contributed by atoms with Gasteiger partial charge in [0.15, 0.2) is 0 Å². The highest BCUT2D eigenvalue weighted by atomic mass is 16.5. The maximum Gasteiger partial charge on any atom is 0.323 e. The fourth-order valence-electron chi connectivity index (χ4n) is 1.71. The Morgan fingerprint density at radius 3 is 2.48 bits per heavy atom. The van der Waals surface area contributed by atoms with Gasteiger partial charge in [-0.1, -0.05) is 0 Å². The van der Waals surface area contributed by atoms with Gasteiger partial charge in [-0.05, 0) is 34.6 Å². The van der Waals surface area contributed by atoms with Crippen LogP contribution in [0.3, 0.4) is 0 Å². The molecule has 0 bridgehead atoms. The summed E-state index contributed by atoms with van der Waals surface area (Å²) >= 11 is 0. The molecule has 1 heterocycles. The van der Waals surface area contributed by atoms with Gasteiger partial charge in [0.25, 0.3) is 0 Å². The van der Waals surface area contributed by atoms with Crippen LogP contribution in [0.15, 0.2) is 0 Å². The second-order valence-corrected chi connectivity index (χ2v) is 4.72. The molecule has 0 unspecified atom stereocenters. The second-order valence-electron chi connectivity index (χ2n) is 4.72. The van der Waals surface area contributed by atoms with E-state index >= 15 is 0 Å². The molecule has 0 aliphatic carbocycles. The molecule has 0 spiro atoms. The summed E-state index contributed by atoms with van der Waals surface area (Å²) in [5.74, 6) is 1.15. The van der Waals surface area contributed by atoms with Gasteiger partial charge in [0, 0.05) is 26.2 Å². The molecule has 0 fully saturated rings. The Morgan fingerprint density at radius 1 is 1.14 bits per heavy atom. The fraction of sp³-hybridized carbons (Fsp3) is 0.786. The first-order chi connectivity index (χ1) is 10.1. The van der Waals surface area contributed by atoms with E-state index in [1.165, 1.54) is 0 Å². The molecule has 0 aliphatic rings. The molecule has 0 aliphatic heterocycles. The highest BCUT2D eigenvalue weighted by Crippen LogP contribution is 2.15. The topological polar surface area (TPSA) is 72.4 Å². The highest BCUT2D eigenvalue weighted by molar-refractivity contribution is 5.38. The van der Waals surface area contributed by atoms with Gasteiger partial charge >= 0.3 is 6.01 Å². The number of ether oxygens (including phenoxy) is 2. The van der Waals surface area contributed by atoms with E-state index in [4.69, 9.17) is 9.47 Å². The molecule has 120 valence electrons. The molecule has 1 aromatic heterocycles. The van der Waals surface area contributed by atoms with Crippen LogP contribution in [0.5, 0.6) is 6.01 Å². The van der Waals surface area contributed by atoms with Crippen LogP contribution >= 0.6 is 0 Å². The number of hydrogen-bond donors (Lipinski definition) is 1. The van der Waals surface area contributed by atoms with Crippen LogP contribution in [0.25, 0.3) is 0 Å². The summed E-state index contributed by atoms with van der Waals surface area (Å²) < 4.78 is 11.0. The van der Waals surface area contributed by atoms with Gasteiger partial charge in [0.1, 0.15) is 0 Å². The number of rotatable bonds is 10. The maximum atomic E-state index is 5.60. The molecule has 7 heteroatoms. The van der Waals surface area contributed by atoms with E-state index in [1.54, 1.807) is 0 Å². The lowest BCUT2D eigenvalue weighted by Gasteiger charge is -2.21. The molecule has 0 saturated carbocycles. The van der Waals surface area contributed by atoms with E-state index in [0.717, 1.165) is 19.6 Å². The number of anilines is 2. The lowest BCUT2D eigenvalue weighted by molar-refractivity contribution is 0.153. The summed E-state index contributed by atoms with van der Waals surface area (Å²) in [6.45, 7) is 13.6. The summed E-state index contributed by atoms with van der Waals surface area (Å²) in [6, 6.07) is 0.348. The van der Waals surface area contributed by atoms with Gasteiger partial charge in [-0.3, -0.25) is 0 Å². The summed E-state index contributed by atoms with van der Waals surface area (Å²) in [5, 5.41) is 3.11. The van der Waals surface area contributed by atoms with Gasteiger partial charge in [-0.25, -0.2) is 0 Å². The van der Waals surface area contributed by atoms with Crippen molar-refractivity contribution in [2.75, 3.05) is 43.1 Å². The van der Waals surface area contributed by atoms with Gasteiger partial charge in [0.05, 0.1) is 12.7 Å². The first-order valence-electron chi connectivity index (χ1n) is 7.59. The van der Waals surface area contributed by atoms with Crippen LogP contribution in [-0.4, -0.2) is 53.9 Å². The number of aromatic nitrogens is 3. The van der Waals surface area contributed by atoms with E-state index in [0.29, 0.717) is 31.1 Å². The van der Waals surface area contributed by atoms with Crippen molar-refractivity contribution in [1.82, 2.24) is 15.0 Å². The van der Waals surface area contributed by atoms with Crippen LogP contribution in [-0.2, 0) is 4.74 Å². The Labute approximate surface area is 127 Å². The smallest absolute Gasteiger partial charge is 0.323 e. The van der Waals surface area contributed by atoms with Crippen LogP contribution in [0.1, 0.15) is 34.6 Å². The van der Waals surface area contributed by atoms with Gasteiger partial charge in [0.2, 0.25) is 11.9 Å². The molecular formula is C14H27N5O2. The molecule has 0 radical (unpaired) electrons. The van der Waals surface area contributed by atoms with E-state index in [9.17, 15) is 0 Å².